The molecule has 0 fully saturated rings. The lowest BCUT2D eigenvalue weighted by atomic mass is 10.1. The van der Waals surface area contributed by atoms with Crippen molar-refractivity contribution in [3.63, 3.8) is 0 Å². The maximum Gasteiger partial charge on any atom is 0.269 e. The number of aromatic nitrogens is 3. The Morgan fingerprint density at radius 3 is 2.82 bits per heavy atom. The number of pyridine rings is 1. The number of carbonyl (C=O) groups is 1. The summed E-state index contributed by atoms with van der Waals surface area (Å²) in [6.07, 6.45) is 3.28. The van der Waals surface area contributed by atoms with Crippen molar-refractivity contribution in [3.8, 4) is 5.82 Å². The SMILES string of the molecule is C[C@@H](N)c1cccnc1-n1ccc(C(N)=O)n1. The number of nitrogens with two attached hydrogens (primary N) is 2. The Morgan fingerprint density at radius 1 is 1.47 bits per heavy atom. The largest absolute Gasteiger partial charge is 0.364 e. The zero-order valence-corrected chi connectivity index (χ0v) is 9.37. The van der Waals surface area contributed by atoms with E-state index in [9.17, 15) is 4.79 Å². The van der Waals surface area contributed by atoms with Gasteiger partial charge in [0.1, 0.15) is 5.69 Å². The number of rotatable bonds is 3. The Kier molecular flexibility index (Phi) is 2.88. The minimum Gasteiger partial charge on any atom is -0.364 e. The third-order valence-electron chi connectivity index (χ3n) is 2.37. The Labute approximate surface area is 98.3 Å². The van der Waals surface area contributed by atoms with Gasteiger partial charge in [0.05, 0.1) is 0 Å². The van der Waals surface area contributed by atoms with Crippen LogP contribution in [0.5, 0.6) is 0 Å². The summed E-state index contributed by atoms with van der Waals surface area (Å²) in [5.41, 5.74) is 12.0. The Morgan fingerprint density at radius 2 is 2.24 bits per heavy atom. The quantitative estimate of drug-likeness (QED) is 0.797. The molecule has 1 amide bonds. The van der Waals surface area contributed by atoms with Crippen molar-refractivity contribution in [1.29, 1.82) is 0 Å². The number of amides is 1. The van der Waals surface area contributed by atoms with Gasteiger partial charge in [0, 0.05) is 24.0 Å². The molecule has 0 aliphatic heterocycles. The highest BCUT2D eigenvalue weighted by Gasteiger charge is 2.12. The summed E-state index contributed by atoms with van der Waals surface area (Å²) in [5, 5.41) is 4.05. The maximum atomic E-state index is 11.0. The summed E-state index contributed by atoms with van der Waals surface area (Å²) in [6, 6.07) is 5.06. The molecule has 2 heterocycles. The summed E-state index contributed by atoms with van der Waals surface area (Å²) in [7, 11) is 0. The molecule has 6 heteroatoms. The van der Waals surface area contributed by atoms with Crippen LogP contribution in [0.15, 0.2) is 30.6 Å². The smallest absolute Gasteiger partial charge is 0.269 e. The highest BCUT2D eigenvalue weighted by Crippen LogP contribution is 2.16. The molecule has 0 bridgehead atoms. The van der Waals surface area contributed by atoms with Gasteiger partial charge in [-0.25, -0.2) is 9.67 Å². The monoisotopic (exact) mass is 231 g/mol. The first kappa shape index (κ1) is 11.3. The summed E-state index contributed by atoms with van der Waals surface area (Å²) in [4.78, 5) is 15.2. The van der Waals surface area contributed by atoms with E-state index in [1.54, 1.807) is 24.5 Å². The van der Waals surface area contributed by atoms with E-state index in [0.29, 0.717) is 5.82 Å². The second-order valence-corrected chi connectivity index (χ2v) is 3.71. The van der Waals surface area contributed by atoms with Gasteiger partial charge in [0.25, 0.3) is 5.91 Å². The minimum atomic E-state index is -0.568. The number of hydrogen-bond acceptors (Lipinski definition) is 4. The maximum absolute atomic E-state index is 11.0. The fourth-order valence-corrected chi connectivity index (χ4v) is 1.53. The lowest BCUT2D eigenvalue weighted by Gasteiger charge is -2.10. The van der Waals surface area contributed by atoms with Crippen molar-refractivity contribution in [2.45, 2.75) is 13.0 Å². The average molecular weight is 231 g/mol. The molecule has 2 rings (SSSR count). The predicted octanol–water partition coefficient (Wildman–Crippen LogP) is 0.386. The van der Waals surface area contributed by atoms with E-state index in [0.717, 1.165) is 5.56 Å². The molecule has 2 aromatic rings. The van der Waals surface area contributed by atoms with Crippen LogP contribution in [0.3, 0.4) is 0 Å². The second kappa shape index (κ2) is 4.34. The van der Waals surface area contributed by atoms with Crippen LogP contribution in [0.4, 0.5) is 0 Å². The van der Waals surface area contributed by atoms with Gasteiger partial charge in [0.2, 0.25) is 0 Å². The van der Waals surface area contributed by atoms with Crippen LogP contribution in [0.2, 0.25) is 0 Å². The summed E-state index contributed by atoms with van der Waals surface area (Å²) in [6.45, 7) is 1.86. The normalized spacial score (nSPS) is 12.4. The van der Waals surface area contributed by atoms with Gasteiger partial charge < -0.3 is 11.5 Å². The molecule has 17 heavy (non-hydrogen) atoms. The molecule has 0 saturated heterocycles. The van der Waals surface area contributed by atoms with Crippen LogP contribution in [-0.2, 0) is 0 Å². The first-order valence-electron chi connectivity index (χ1n) is 5.16. The minimum absolute atomic E-state index is 0.167. The van der Waals surface area contributed by atoms with E-state index in [1.807, 2.05) is 13.0 Å². The first-order valence-corrected chi connectivity index (χ1v) is 5.16. The van der Waals surface area contributed by atoms with Gasteiger partial charge in [-0.15, -0.1) is 0 Å². The fourth-order valence-electron chi connectivity index (χ4n) is 1.53. The van der Waals surface area contributed by atoms with Gasteiger partial charge >= 0.3 is 0 Å². The molecule has 0 saturated carbocycles. The zero-order chi connectivity index (χ0) is 12.4. The lowest BCUT2D eigenvalue weighted by Crippen LogP contribution is -2.14. The van der Waals surface area contributed by atoms with Gasteiger partial charge in [-0.1, -0.05) is 6.07 Å². The average Bonchev–Trinajstić information content (AvgIpc) is 2.78. The Hall–Kier alpha value is -2.21. The van der Waals surface area contributed by atoms with Gasteiger partial charge in [-0.05, 0) is 19.1 Å². The highest BCUT2D eigenvalue weighted by molar-refractivity contribution is 5.90. The molecule has 1 atom stereocenters. The van der Waals surface area contributed by atoms with Gasteiger partial charge in [-0.3, -0.25) is 4.79 Å². The molecular weight excluding hydrogens is 218 g/mol. The van der Waals surface area contributed by atoms with Crippen molar-refractivity contribution in [2.75, 3.05) is 0 Å². The van der Waals surface area contributed by atoms with Crippen LogP contribution in [-0.4, -0.2) is 20.7 Å². The molecule has 0 spiro atoms. The molecule has 0 aliphatic carbocycles. The van der Waals surface area contributed by atoms with Crippen molar-refractivity contribution in [1.82, 2.24) is 14.8 Å². The molecular formula is C11H13N5O. The van der Waals surface area contributed by atoms with E-state index < -0.39 is 5.91 Å². The van der Waals surface area contributed by atoms with Crippen molar-refractivity contribution in [3.05, 3.63) is 41.9 Å². The molecule has 4 N–H and O–H groups in total. The van der Waals surface area contributed by atoms with Crippen molar-refractivity contribution in [2.24, 2.45) is 11.5 Å². The van der Waals surface area contributed by atoms with Crippen LogP contribution >= 0.6 is 0 Å². The highest BCUT2D eigenvalue weighted by atomic mass is 16.1. The van der Waals surface area contributed by atoms with Gasteiger partial charge in [0.15, 0.2) is 5.82 Å². The van der Waals surface area contributed by atoms with Crippen LogP contribution in [0.25, 0.3) is 5.82 Å². The Balaban J connectivity index is 2.48. The Bertz CT molecular complexity index is 546. The molecule has 0 aromatic carbocycles. The third kappa shape index (κ3) is 2.16. The van der Waals surface area contributed by atoms with Crippen LogP contribution in [0.1, 0.15) is 29.0 Å². The molecule has 6 nitrogen and oxygen atoms in total. The first-order chi connectivity index (χ1) is 8.09. The van der Waals surface area contributed by atoms with E-state index in [-0.39, 0.29) is 11.7 Å². The fraction of sp³-hybridized carbons (Fsp3) is 0.182. The van der Waals surface area contributed by atoms with Gasteiger partial charge in [-0.2, -0.15) is 5.10 Å². The predicted molar refractivity (Wildman–Crippen MR) is 62.5 cm³/mol. The summed E-state index contributed by atoms with van der Waals surface area (Å²) >= 11 is 0. The zero-order valence-electron chi connectivity index (χ0n) is 9.37. The molecule has 0 aliphatic rings. The third-order valence-corrected chi connectivity index (χ3v) is 2.37. The summed E-state index contributed by atoms with van der Waals surface area (Å²) in [5.74, 6) is 0.0389. The van der Waals surface area contributed by atoms with Crippen LogP contribution < -0.4 is 11.5 Å². The molecule has 0 radical (unpaired) electrons. The lowest BCUT2D eigenvalue weighted by molar-refractivity contribution is 0.0995. The molecule has 2 aromatic heterocycles. The summed E-state index contributed by atoms with van der Waals surface area (Å²) < 4.78 is 1.50. The molecule has 88 valence electrons. The number of nitrogens with zero attached hydrogens (tertiary/aromatic N) is 3. The van der Waals surface area contributed by atoms with Crippen molar-refractivity contribution < 1.29 is 4.79 Å². The van der Waals surface area contributed by atoms with E-state index in [4.69, 9.17) is 11.5 Å². The van der Waals surface area contributed by atoms with E-state index in [2.05, 4.69) is 10.1 Å². The number of primary amides is 1. The standard InChI is InChI=1S/C11H13N5O/c1-7(12)8-3-2-5-14-11(8)16-6-4-9(15-16)10(13)17/h2-7H,12H2,1H3,(H2,13,17)/t7-/m1/s1. The number of carbonyl (C=O) groups excluding carboxylic acids is 1. The molecule has 0 unspecified atom stereocenters. The topological polar surface area (TPSA) is 99.8 Å². The van der Waals surface area contributed by atoms with Crippen LogP contribution in [0, 0.1) is 0 Å². The van der Waals surface area contributed by atoms with Crippen molar-refractivity contribution >= 4 is 5.91 Å². The number of hydrogen-bond donors (Lipinski definition) is 2. The van der Waals surface area contributed by atoms with E-state index >= 15 is 0 Å². The second-order valence-electron chi connectivity index (χ2n) is 3.71. The van der Waals surface area contributed by atoms with E-state index in [1.165, 1.54) is 4.68 Å².